The van der Waals surface area contributed by atoms with Crippen LogP contribution >= 0.6 is 0 Å². The molecule has 1 aliphatic heterocycles. The van der Waals surface area contributed by atoms with Crippen LogP contribution in [-0.2, 0) is 4.74 Å². The van der Waals surface area contributed by atoms with E-state index in [0.29, 0.717) is 11.7 Å². The molecule has 118 valence electrons. The zero-order chi connectivity index (χ0) is 15.6. The second kappa shape index (κ2) is 6.75. The fraction of sp³-hybridized carbons (Fsp3) is 0.625. The molecule has 5 heteroatoms. The van der Waals surface area contributed by atoms with Gasteiger partial charge in [-0.1, -0.05) is 32.9 Å². The van der Waals surface area contributed by atoms with Crippen LogP contribution in [0.2, 0.25) is 0 Å². The summed E-state index contributed by atoms with van der Waals surface area (Å²) in [6.07, 6.45) is -3.51. The van der Waals surface area contributed by atoms with E-state index >= 15 is 0 Å². The van der Waals surface area contributed by atoms with Crippen molar-refractivity contribution in [3.05, 3.63) is 29.8 Å². The van der Waals surface area contributed by atoms with Crippen molar-refractivity contribution >= 4 is 0 Å². The number of hydrogen-bond donors (Lipinski definition) is 3. The number of rotatable bonds is 4. The Bertz CT molecular complexity index is 442. The Morgan fingerprint density at radius 2 is 1.76 bits per heavy atom. The van der Waals surface area contributed by atoms with Crippen molar-refractivity contribution in [2.75, 3.05) is 6.61 Å². The summed E-state index contributed by atoms with van der Waals surface area (Å²) in [5.74, 6) is 0.587. The van der Waals surface area contributed by atoms with E-state index < -0.39 is 30.5 Å². The molecule has 1 saturated heterocycles. The molecule has 1 fully saturated rings. The molecule has 1 aromatic rings. The predicted octanol–water partition coefficient (Wildman–Crippen LogP) is 1.26. The molecule has 2 rings (SSSR count). The van der Waals surface area contributed by atoms with E-state index in [4.69, 9.17) is 9.47 Å². The predicted molar refractivity (Wildman–Crippen MR) is 78.1 cm³/mol. The highest BCUT2D eigenvalue weighted by atomic mass is 16.7. The van der Waals surface area contributed by atoms with Crippen molar-refractivity contribution in [2.24, 2.45) is 5.92 Å². The summed E-state index contributed by atoms with van der Waals surface area (Å²) >= 11 is 0. The summed E-state index contributed by atoms with van der Waals surface area (Å²) in [6.45, 7) is 5.61. The molecule has 0 radical (unpaired) electrons. The zero-order valence-corrected chi connectivity index (χ0v) is 12.6. The molecule has 3 N–H and O–H groups in total. The molecule has 2 unspecified atom stereocenters. The van der Waals surface area contributed by atoms with E-state index in [-0.39, 0.29) is 6.61 Å². The van der Waals surface area contributed by atoms with E-state index in [1.54, 1.807) is 6.92 Å². The molecule has 0 spiro atoms. The first kappa shape index (κ1) is 16.2. The van der Waals surface area contributed by atoms with Crippen molar-refractivity contribution in [3.63, 3.8) is 0 Å². The van der Waals surface area contributed by atoms with Crippen molar-refractivity contribution < 1.29 is 24.8 Å². The number of ether oxygens (including phenoxy) is 2. The second-order valence-electron chi connectivity index (χ2n) is 5.91. The summed E-state index contributed by atoms with van der Waals surface area (Å²) in [6, 6.07) is 7.60. The molecule has 0 amide bonds. The van der Waals surface area contributed by atoms with E-state index in [9.17, 15) is 15.3 Å². The molecule has 5 atom stereocenters. The Labute approximate surface area is 125 Å². The van der Waals surface area contributed by atoms with Gasteiger partial charge in [-0.3, -0.25) is 0 Å². The van der Waals surface area contributed by atoms with Crippen LogP contribution in [0.5, 0.6) is 5.75 Å². The number of aliphatic hydroxyl groups excluding tert-OH is 3. The highest BCUT2D eigenvalue weighted by Gasteiger charge is 2.43. The highest BCUT2D eigenvalue weighted by Crippen LogP contribution is 2.28. The Morgan fingerprint density at radius 1 is 1.14 bits per heavy atom. The monoisotopic (exact) mass is 296 g/mol. The van der Waals surface area contributed by atoms with Crippen LogP contribution in [0.4, 0.5) is 0 Å². The molecule has 0 aromatic heterocycles. The van der Waals surface area contributed by atoms with E-state index in [1.165, 1.54) is 5.56 Å². The van der Waals surface area contributed by atoms with Gasteiger partial charge in [-0.15, -0.1) is 0 Å². The minimum Gasteiger partial charge on any atom is -0.462 e. The van der Waals surface area contributed by atoms with Crippen LogP contribution in [0.25, 0.3) is 0 Å². The van der Waals surface area contributed by atoms with Crippen LogP contribution in [0.15, 0.2) is 24.3 Å². The van der Waals surface area contributed by atoms with Gasteiger partial charge in [-0.25, -0.2) is 0 Å². The van der Waals surface area contributed by atoms with E-state index in [0.717, 1.165) is 0 Å². The van der Waals surface area contributed by atoms with Crippen LogP contribution < -0.4 is 4.74 Å². The lowest BCUT2D eigenvalue weighted by Crippen LogP contribution is -2.56. The Hall–Kier alpha value is -1.14. The number of benzene rings is 1. The fourth-order valence-corrected chi connectivity index (χ4v) is 2.44. The van der Waals surface area contributed by atoms with Gasteiger partial charge in [0.1, 0.15) is 18.0 Å². The van der Waals surface area contributed by atoms with Crippen molar-refractivity contribution in [2.45, 2.75) is 51.3 Å². The normalized spacial score (nSPS) is 33.2. The molecule has 1 aromatic carbocycles. The quantitative estimate of drug-likeness (QED) is 0.779. The second-order valence-corrected chi connectivity index (χ2v) is 5.91. The van der Waals surface area contributed by atoms with Gasteiger partial charge in [-0.2, -0.15) is 0 Å². The minimum absolute atomic E-state index is 0.315. The first-order valence-electron chi connectivity index (χ1n) is 7.33. The van der Waals surface area contributed by atoms with Crippen LogP contribution in [-0.4, -0.2) is 46.5 Å². The maximum atomic E-state index is 10.1. The molecule has 21 heavy (non-hydrogen) atoms. The maximum absolute atomic E-state index is 10.1. The minimum atomic E-state index is -0.951. The van der Waals surface area contributed by atoms with Crippen molar-refractivity contribution in [1.82, 2.24) is 0 Å². The summed E-state index contributed by atoms with van der Waals surface area (Å²) in [7, 11) is 0. The number of aliphatic hydroxyl groups is 3. The van der Waals surface area contributed by atoms with Gasteiger partial charge in [0, 0.05) is 5.92 Å². The van der Waals surface area contributed by atoms with Gasteiger partial charge in [0.2, 0.25) is 6.29 Å². The SMILES string of the molecule is CC(C)c1ccc(O[C@H]2OC(CO)[C@@H](O)[C@H](C)C2O)cc1. The lowest BCUT2D eigenvalue weighted by molar-refractivity contribution is -0.260. The van der Waals surface area contributed by atoms with Gasteiger partial charge in [0.25, 0.3) is 0 Å². The van der Waals surface area contributed by atoms with E-state index in [1.807, 2.05) is 24.3 Å². The topological polar surface area (TPSA) is 79.2 Å². The lowest BCUT2D eigenvalue weighted by Gasteiger charge is -2.40. The summed E-state index contributed by atoms with van der Waals surface area (Å²) in [5, 5.41) is 29.2. The van der Waals surface area contributed by atoms with E-state index in [2.05, 4.69) is 13.8 Å². The maximum Gasteiger partial charge on any atom is 0.226 e. The van der Waals surface area contributed by atoms with Crippen molar-refractivity contribution in [3.8, 4) is 5.75 Å². The molecule has 5 nitrogen and oxygen atoms in total. The highest BCUT2D eigenvalue weighted by molar-refractivity contribution is 5.29. The molecule has 1 aliphatic rings. The van der Waals surface area contributed by atoms with Crippen LogP contribution in [0.1, 0.15) is 32.3 Å². The van der Waals surface area contributed by atoms with Crippen LogP contribution in [0.3, 0.4) is 0 Å². The fourth-order valence-electron chi connectivity index (χ4n) is 2.44. The third kappa shape index (κ3) is 3.55. The average Bonchev–Trinajstić information content (AvgIpc) is 2.48. The third-order valence-electron chi connectivity index (χ3n) is 4.03. The van der Waals surface area contributed by atoms with Gasteiger partial charge in [-0.05, 0) is 23.6 Å². The Kier molecular flexibility index (Phi) is 5.22. The molecule has 0 aliphatic carbocycles. The summed E-state index contributed by atoms with van der Waals surface area (Å²) in [5.41, 5.74) is 1.20. The van der Waals surface area contributed by atoms with Crippen LogP contribution in [0, 0.1) is 5.92 Å². The molecule has 1 heterocycles. The standard InChI is InChI=1S/C16H24O5/c1-9(2)11-4-6-12(7-5-11)20-16-15(19)10(3)14(18)13(8-17)21-16/h4-7,9-10,13-19H,8H2,1-3H3/t10-,13?,14-,15?,16-/m0/s1. The first-order valence-corrected chi connectivity index (χ1v) is 7.33. The zero-order valence-electron chi connectivity index (χ0n) is 12.6. The summed E-state index contributed by atoms with van der Waals surface area (Å²) < 4.78 is 11.1. The Morgan fingerprint density at radius 3 is 2.29 bits per heavy atom. The third-order valence-corrected chi connectivity index (χ3v) is 4.03. The average molecular weight is 296 g/mol. The van der Waals surface area contributed by atoms with Gasteiger partial charge >= 0.3 is 0 Å². The largest absolute Gasteiger partial charge is 0.462 e. The van der Waals surface area contributed by atoms with Gasteiger partial charge < -0.3 is 24.8 Å². The number of hydrogen-bond acceptors (Lipinski definition) is 5. The first-order chi connectivity index (χ1) is 9.93. The van der Waals surface area contributed by atoms with Gasteiger partial charge in [0.15, 0.2) is 0 Å². The lowest BCUT2D eigenvalue weighted by atomic mass is 9.91. The summed E-state index contributed by atoms with van der Waals surface area (Å²) in [4.78, 5) is 0. The molecular weight excluding hydrogens is 272 g/mol. The smallest absolute Gasteiger partial charge is 0.226 e. The van der Waals surface area contributed by atoms with Gasteiger partial charge in [0.05, 0.1) is 12.7 Å². The Balaban J connectivity index is 2.07. The molecular formula is C16H24O5. The molecule has 0 saturated carbocycles. The molecule has 0 bridgehead atoms. The van der Waals surface area contributed by atoms with Crippen molar-refractivity contribution in [1.29, 1.82) is 0 Å².